The molecule has 7 nitrogen and oxygen atoms in total. The number of ether oxygens (including phenoxy) is 1. The number of fused-ring (bicyclic) bond motifs is 3. The molecule has 3 heterocycles. The van der Waals surface area contributed by atoms with E-state index in [9.17, 15) is 4.79 Å². The molecule has 25 heavy (non-hydrogen) atoms. The SMILES string of the molecule is CCOC(=O)Nc1ccc2c(c1)nc1n2CCN(Cc2ccco2)C1. The van der Waals surface area contributed by atoms with E-state index in [1.54, 1.807) is 13.2 Å². The average molecular weight is 340 g/mol. The molecule has 0 spiro atoms. The zero-order valence-corrected chi connectivity index (χ0v) is 14.1. The Balaban J connectivity index is 1.54. The molecule has 1 amide bonds. The molecule has 0 saturated carbocycles. The van der Waals surface area contributed by atoms with Gasteiger partial charge in [0.25, 0.3) is 0 Å². The molecule has 7 heteroatoms. The first-order valence-electron chi connectivity index (χ1n) is 8.40. The van der Waals surface area contributed by atoms with Gasteiger partial charge in [-0.15, -0.1) is 0 Å². The fourth-order valence-electron chi connectivity index (χ4n) is 3.19. The molecular formula is C18H20N4O3. The highest BCUT2D eigenvalue weighted by atomic mass is 16.5. The van der Waals surface area contributed by atoms with Crippen LogP contribution in [0.2, 0.25) is 0 Å². The zero-order valence-electron chi connectivity index (χ0n) is 14.1. The van der Waals surface area contributed by atoms with E-state index in [0.717, 1.165) is 48.8 Å². The maximum Gasteiger partial charge on any atom is 0.411 e. The van der Waals surface area contributed by atoms with Crippen LogP contribution in [-0.4, -0.2) is 33.7 Å². The van der Waals surface area contributed by atoms with Crippen LogP contribution in [0.1, 0.15) is 18.5 Å². The summed E-state index contributed by atoms with van der Waals surface area (Å²) in [6.45, 7) is 5.51. The molecule has 1 N–H and O–H groups in total. The molecule has 0 bridgehead atoms. The lowest BCUT2D eigenvalue weighted by atomic mass is 10.2. The lowest BCUT2D eigenvalue weighted by Gasteiger charge is -2.26. The van der Waals surface area contributed by atoms with E-state index < -0.39 is 6.09 Å². The van der Waals surface area contributed by atoms with Gasteiger partial charge >= 0.3 is 6.09 Å². The quantitative estimate of drug-likeness (QED) is 0.789. The van der Waals surface area contributed by atoms with Crippen molar-refractivity contribution in [3.05, 3.63) is 48.2 Å². The number of nitrogens with one attached hydrogen (secondary N) is 1. The highest BCUT2D eigenvalue weighted by Crippen LogP contribution is 2.24. The Morgan fingerprint density at radius 3 is 3.08 bits per heavy atom. The van der Waals surface area contributed by atoms with E-state index >= 15 is 0 Å². The number of furan rings is 1. The summed E-state index contributed by atoms with van der Waals surface area (Å²) in [5.74, 6) is 1.99. The topological polar surface area (TPSA) is 72.5 Å². The average Bonchev–Trinajstić information content (AvgIpc) is 3.21. The summed E-state index contributed by atoms with van der Waals surface area (Å²) >= 11 is 0. The number of nitrogens with zero attached hydrogens (tertiary/aromatic N) is 3. The number of carbonyl (C=O) groups is 1. The fourth-order valence-corrected chi connectivity index (χ4v) is 3.19. The summed E-state index contributed by atoms with van der Waals surface area (Å²) < 4.78 is 12.6. The number of carbonyl (C=O) groups excluding carboxylic acids is 1. The van der Waals surface area contributed by atoms with Gasteiger partial charge in [-0.1, -0.05) is 0 Å². The molecule has 3 aromatic rings. The largest absolute Gasteiger partial charge is 0.468 e. The van der Waals surface area contributed by atoms with Crippen molar-refractivity contribution >= 4 is 22.8 Å². The molecule has 0 radical (unpaired) electrons. The van der Waals surface area contributed by atoms with Gasteiger partial charge in [0, 0.05) is 18.8 Å². The van der Waals surface area contributed by atoms with Gasteiger partial charge in [-0.3, -0.25) is 10.2 Å². The second-order valence-corrected chi connectivity index (χ2v) is 6.02. The third kappa shape index (κ3) is 3.23. The molecule has 0 aliphatic carbocycles. The molecule has 4 rings (SSSR count). The van der Waals surface area contributed by atoms with Crippen molar-refractivity contribution in [3.63, 3.8) is 0 Å². The van der Waals surface area contributed by atoms with Crippen LogP contribution in [0.25, 0.3) is 11.0 Å². The second kappa shape index (κ2) is 6.60. The lowest BCUT2D eigenvalue weighted by Crippen LogP contribution is -2.33. The molecule has 0 atom stereocenters. The normalized spacial score (nSPS) is 14.4. The van der Waals surface area contributed by atoms with Crippen molar-refractivity contribution in [1.82, 2.24) is 14.5 Å². The molecule has 0 fully saturated rings. The Kier molecular flexibility index (Phi) is 4.15. The predicted molar refractivity (Wildman–Crippen MR) is 93.2 cm³/mol. The van der Waals surface area contributed by atoms with Gasteiger partial charge in [-0.25, -0.2) is 9.78 Å². The summed E-state index contributed by atoms with van der Waals surface area (Å²) in [5, 5.41) is 2.72. The molecular weight excluding hydrogens is 320 g/mol. The predicted octanol–water partition coefficient (Wildman–Crippen LogP) is 3.21. The van der Waals surface area contributed by atoms with E-state index in [1.807, 2.05) is 30.3 Å². The van der Waals surface area contributed by atoms with Crippen LogP contribution in [0.15, 0.2) is 41.0 Å². The number of anilines is 1. The smallest absolute Gasteiger partial charge is 0.411 e. The number of imidazole rings is 1. The molecule has 1 aliphatic rings. The van der Waals surface area contributed by atoms with Crippen LogP contribution in [0.5, 0.6) is 0 Å². The van der Waals surface area contributed by atoms with Crippen molar-refractivity contribution in [2.24, 2.45) is 0 Å². The van der Waals surface area contributed by atoms with Crippen LogP contribution in [0.4, 0.5) is 10.5 Å². The van der Waals surface area contributed by atoms with Crippen LogP contribution in [0.3, 0.4) is 0 Å². The standard InChI is InChI=1S/C18H20N4O3/c1-2-24-18(23)19-13-5-6-16-15(10-13)20-17-12-21(7-8-22(16)17)11-14-4-3-9-25-14/h3-6,9-10H,2,7-8,11-12H2,1H3,(H,19,23). The Hall–Kier alpha value is -2.80. The molecule has 1 aromatic carbocycles. The zero-order chi connectivity index (χ0) is 17.2. The Bertz CT molecular complexity index is 885. The number of benzene rings is 1. The highest BCUT2D eigenvalue weighted by Gasteiger charge is 2.21. The van der Waals surface area contributed by atoms with E-state index in [0.29, 0.717) is 12.3 Å². The van der Waals surface area contributed by atoms with Gasteiger partial charge in [-0.05, 0) is 37.3 Å². The number of hydrogen-bond acceptors (Lipinski definition) is 5. The van der Waals surface area contributed by atoms with Gasteiger partial charge in [0.1, 0.15) is 11.6 Å². The van der Waals surface area contributed by atoms with Gasteiger partial charge in [0.2, 0.25) is 0 Å². The number of rotatable bonds is 4. The number of aromatic nitrogens is 2. The van der Waals surface area contributed by atoms with E-state index in [4.69, 9.17) is 14.1 Å². The molecule has 0 saturated heterocycles. The summed E-state index contributed by atoms with van der Waals surface area (Å²) in [4.78, 5) is 18.6. The summed E-state index contributed by atoms with van der Waals surface area (Å²) in [5.41, 5.74) is 2.65. The van der Waals surface area contributed by atoms with Crippen molar-refractivity contribution in [3.8, 4) is 0 Å². The third-order valence-corrected chi connectivity index (χ3v) is 4.31. The first-order chi connectivity index (χ1) is 12.2. The first kappa shape index (κ1) is 15.7. The van der Waals surface area contributed by atoms with Crippen LogP contribution < -0.4 is 5.32 Å². The minimum absolute atomic E-state index is 0.346. The third-order valence-electron chi connectivity index (χ3n) is 4.31. The van der Waals surface area contributed by atoms with Crippen LogP contribution in [-0.2, 0) is 24.4 Å². The number of hydrogen-bond donors (Lipinski definition) is 1. The Labute approximate surface area is 145 Å². The number of amides is 1. The van der Waals surface area contributed by atoms with Crippen molar-refractivity contribution in [2.75, 3.05) is 18.5 Å². The van der Waals surface area contributed by atoms with Gasteiger partial charge < -0.3 is 13.7 Å². The minimum atomic E-state index is -0.449. The van der Waals surface area contributed by atoms with Gasteiger partial charge in [0.15, 0.2) is 0 Å². The highest BCUT2D eigenvalue weighted by molar-refractivity contribution is 5.89. The maximum absolute atomic E-state index is 11.6. The van der Waals surface area contributed by atoms with Crippen LogP contribution >= 0.6 is 0 Å². The van der Waals surface area contributed by atoms with Gasteiger partial charge in [-0.2, -0.15) is 0 Å². The summed E-state index contributed by atoms with van der Waals surface area (Å²) in [7, 11) is 0. The summed E-state index contributed by atoms with van der Waals surface area (Å²) in [6, 6.07) is 9.66. The van der Waals surface area contributed by atoms with Crippen molar-refractivity contribution in [1.29, 1.82) is 0 Å². The lowest BCUT2D eigenvalue weighted by molar-refractivity contribution is 0.168. The van der Waals surface area contributed by atoms with Crippen molar-refractivity contribution in [2.45, 2.75) is 26.6 Å². The molecule has 2 aromatic heterocycles. The molecule has 130 valence electrons. The first-order valence-corrected chi connectivity index (χ1v) is 8.40. The second-order valence-electron chi connectivity index (χ2n) is 6.02. The Morgan fingerprint density at radius 1 is 1.36 bits per heavy atom. The molecule has 1 aliphatic heterocycles. The summed E-state index contributed by atoms with van der Waals surface area (Å²) in [6.07, 6.45) is 1.25. The van der Waals surface area contributed by atoms with Crippen molar-refractivity contribution < 1.29 is 13.9 Å². The maximum atomic E-state index is 11.6. The Morgan fingerprint density at radius 2 is 2.28 bits per heavy atom. The van der Waals surface area contributed by atoms with Crippen LogP contribution in [0, 0.1) is 0 Å². The van der Waals surface area contributed by atoms with Gasteiger partial charge in [0.05, 0.1) is 37.0 Å². The monoisotopic (exact) mass is 340 g/mol. The fraction of sp³-hybridized carbons (Fsp3) is 0.333. The van der Waals surface area contributed by atoms with E-state index in [1.165, 1.54) is 0 Å². The minimum Gasteiger partial charge on any atom is -0.468 e. The molecule has 0 unspecified atom stereocenters. The van der Waals surface area contributed by atoms with E-state index in [-0.39, 0.29) is 0 Å². The van der Waals surface area contributed by atoms with E-state index in [2.05, 4.69) is 14.8 Å².